The Bertz CT molecular complexity index is 326. The number of hydrogen-bond acceptors (Lipinski definition) is 4. The van der Waals surface area contributed by atoms with E-state index in [1.807, 2.05) is 0 Å². The normalized spacial score (nSPS) is 18.4. The van der Waals surface area contributed by atoms with Gasteiger partial charge in [0.25, 0.3) is 0 Å². The molecule has 0 fully saturated rings. The summed E-state index contributed by atoms with van der Waals surface area (Å²) in [5.74, 6) is -2.42. The van der Waals surface area contributed by atoms with Crippen LogP contribution in [-0.4, -0.2) is 44.9 Å². The molecule has 0 saturated carbocycles. The fraction of sp³-hybridized carbons (Fsp3) is 0.750. The fourth-order valence-electron chi connectivity index (χ4n) is 0.896. The summed E-state index contributed by atoms with van der Waals surface area (Å²) >= 11 is 0. The number of hydrogen-bond donors (Lipinski definition) is 4. The lowest BCUT2D eigenvalue weighted by atomic mass is 10.0. The second-order valence-corrected chi connectivity index (χ2v) is 6.50. The molecular weight excluding hydrogens is 237 g/mol. The minimum atomic E-state index is -3.61. The Labute approximate surface area is 92.7 Å². The van der Waals surface area contributed by atoms with E-state index < -0.39 is 31.3 Å². The Kier molecular flexibility index (Phi) is 5.12. The number of carboxylic acids is 2. The van der Waals surface area contributed by atoms with Crippen LogP contribution >= 0.6 is 7.37 Å². The van der Waals surface area contributed by atoms with Crippen molar-refractivity contribution in [1.82, 2.24) is 0 Å². The van der Waals surface area contributed by atoms with Gasteiger partial charge in [-0.3, -0.25) is 14.2 Å². The van der Waals surface area contributed by atoms with E-state index in [-0.39, 0.29) is 18.7 Å². The largest absolute Gasteiger partial charge is 0.481 e. The third kappa shape index (κ3) is 5.85. The van der Waals surface area contributed by atoms with Crippen molar-refractivity contribution in [2.45, 2.75) is 25.3 Å². The predicted molar refractivity (Wildman–Crippen MR) is 56.7 cm³/mol. The van der Waals surface area contributed by atoms with Gasteiger partial charge in [-0.2, -0.15) is 0 Å². The van der Waals surface area contributed by atoms with Gasteiger partial charge in [-0.15, -0.1) is 0 Å². The van der Waals surface area contributed by atoms with E-state index >= 15 is 0 Å². The molecule has 0 radical (unpaired) electrons. The summed E-state index contributed by atoms with van der Waals surface area (Å²) in [6.07, 6.45) is -1.24. The number of rotatable bonds is 7. The van der Waals surface area contributed by atoms with Crippen molar-refractivity contribution >= 4 is 19.3 Å². The maximum atomic E-state index is 11.4. The number of carbonyl (C=O) groups is 2. The molecule has 8 heteroatoms. The molecule has 94 valence electrons. The van der Waals surface area contributed by atoms with Crippen LogP contribution < -0.4 is 5.73 Å². The predicted octanol–water partition coefficient (Wildman–Crippen LogP) is -0.0764. The summed E-state index contributed by atoms with van der Waals surface area (Å²) < 4.78 is 11.4. The number of carboxylic acid groups (broad SMARTS) is 2. The molecule has 0 aliphatic heterocycles. The topological polar surface area (TPSA) is 138 Å². The zero-order chi connectivity index (χ0) is 13.0. The monoisotopic (exact) mass is 253 g/mol. The number of aliphatic carboxylic acids is 2. The standard InChI is InChI=1S/C8H16NO6P/c1-8(9,7(12)13)3-5-16(14,15)4-2-6(10)11/h2-5,9H2,1H3,(H,10,11)(H,12,13)(H,14,15)/t8-/m0/s1. The molecule has 2 atom stereocenters. The second kappa shape index (κ2) is 5.43. The summed E-state index contributed by atoms with van der Waals surface area (Å²) in [4.78, 5) is 30.2. The van der Waals surface area contributed by atoms with E-state index in [0.717, 1.165) is 0 Å². The van der Waals surface area contributed by atoms with Gasteiger partial charge in [-0.05, 0) is 13.3 Å². The molecule has 0 rings (SSSR count). The molecule has 0 aromatic carbocycles. The molecule has 1 unspecified atom stereocenters. The van der Waals surface area contributed by atoms with Crippen LogP contribution in [0.5, 0.6) is 0 Å². The lowest BCUT2D eigenvalue weighted by Gasteiger charge is -2.20. The van der Waals surface area contributed by atoms with Crippen LogP contribution in [0.3, 0.4) is 0 Å². The molecule has 0 amide bonds. The molecule has 7 nitrogen and oxygen atoms in total. The zero-order valence-electron chi connectivity index (χ0n) is 8.92. The van der Waals surface area contributed by atoms with E-state index in [4.69, 9.17) is 15.9 Å². The van der Waals surface area contributed by atoms with Gasteiger partial charge >= 0.3 is 11.9 Å². The summed E-state index contributed by atoms with van der Waals surface area (Å²) in [5.41, 5.74) is 3.81. The van der Waals surface area contributed by atoms with Crippen molar-refractivity contribution in [2.24, 2.45) is 5.73 Å². The van der Waals surface area contributed by atoms with Gasteiger partial charge in [0.1, 0.15) is 5.54 Å². The highest BCUT2D eigenvalue weighted by Crippen LogP contribution is 2.42. The first-order valence-electron chi connectivity index (χ1n) is 4.62. The first kappa shape index (κ1) is 15.1. The molecule has 0 aromatic heterocycles. The Morgan fingerprint density at radius 3 is 2.19 bits per heavy atom. The third-order valence-corrected chi connectivity index (χ3v) is 3.99. The Balaban J connectivity index is 4.23. The van der Waals surface area contributed by atoms with Gasteiger partial charge in [0, 0.05) is 12.3 Å². The van der Waals surface area contributed by atoms with Crippen LogP contribution in [0, 0.1) is 0 Å². The molecular formula is C8H16NO6P. The quantitative estimate of drug-likeness (QED) is 0.465. The summed E-state index contributed by atoms with van der Waals surface area (Å²) in [6, 6.07) is 0. The molecule has 0 aromatic rings. The van der Waals surface area contributed by atoms with Crippen molar-refractivity contribution in [3.63, 3.8) is 0 Å². The molecule has 16 heavy (non-hydrogen) atoms. The maximum Gasteiger partial charge on any atom is 0.323 e. The van der Waals surface area contributed by atoms with Crippen molar-refractivity contribution < 1.29 is 29.3 Å². The summed E-state index contributed by atoms with van der Waals surface area (Å²) in [6.45, 7) is 1.24. The van der Waals surface area contributed by atoms with Gasteiger partial charge in [0.15, 0.2) is 0 Å². The first-order chi connectivity index (χ1) is 7.07. The minimum Gasteiger partial charge on any atom is -0.481 e. The maximum absolute atomic E-state index is 11.4. The SMILES string of the molecule is C[C@](N)(CCP(=O)(O)CCC(=O)O)C(=O)O. The van der Waals surface area contributed by atoms with Gasteiger partial charge < -0.3 is 20.8 Å². The minimum absolute atomic E-state index is 0.171. The second-order valence-electron chi connectivity index (χ2n) is 3.91. The average molecular weight is 253 g/mol. The smallest absolute Gasteiger partial charge is 0.323 e. The van der Waals surface area contributed by atoms with Gasteiger partial charge in [0.05, 0.1) is 6.42 Å². The van der Waals surface area contributed by atoms with Gasteiger partial charge in [-0.1, -0.05) is 0 Å². The molecule has 0 heterocycles. The third-order valence-electron chi connectivity index (χ3n) is 2.14. The highest BCUT2D eigenvalue weighted by molar-refractivity contribution is 7.58. The van der Waals surface area contributed by atoms with Crippen molar-refractivity contribution in [1.29, 1.82) is 0 Å². The Morgan fingerprint density at radius 1 is 1.31 bits per heavy atom. The number of nitrogens with two attached hydrogens (primary N) is 1. The van der Waals surface area contributed by atoms with Crippen LogP contribution in [-0.2, 0) is 14.2 Å². The van der Waals surface area contributed by atoms with E-state index in [2.05, 4.69) is 0 Å². The lowest BCUT2D eigenvalue weighted by molar-refractivity contribution is -0.142. The highest BCUT2D eigenvalue weighted by atomic mass is 31.2. The molecule has 0 saturated heterocycles. The molecule has 0 bridgehead atoms. The van der Waals surface area contributed by atoms with Crippen molar-refractivity contribution in [2.75, 3.05) is 12.3 Å². The summed E-state index contributed by atoms with van der Waals surface area (Å²) in [7, 11) is -3.61. The molecule has 5 N–H and O–H groups in total. The van der Waals surface area contributed by atoms with Crippen LogP contribution in [0.2, 0.25) is 0 Å². The molecule has 0 spiro atoms. The molecule has 0 aliphatic rings. The average Bonchev–Trinajstić information content (AvgIpc) is 2.12. The van der Waals surface area contributed by atoms with E-state index in [1.165, 1.54) is 6.92 Å². The van der Waals surface area contributed by atoms with E-state index in [1.54, 1.807) is 0 Å². The zero-order valence-corrected chi connectivity index (χ0v) is 9.81. The Morgan fingerprint density at radius 2 is 1.81 bits per heavy atom. The van der Waals surface area contributed by atoms with Crippen LogP contribution in [0.25, 0.3) is 0 Å². The van der Waals surface area contributed by atoms with Crippen molar-refractivity contribution in [3.05, 3.63) is 0 Å². The van der Waals surface area contributed by atoms with E-state index in [0.29, 0.717) is 0 Å². The van der Waals surface area contributed by atoms with Gasteiger partial charge in [-0.25, -0.2) is 0 Å². The highest BCUT2D eigenvalue weighted by Gasteiger charge is 2.31. The van der Waals surface area contributed by atoms with Gasteiger partial charge in [0.2, 0.25) is 7.37 Å². The summed E-state index contributed by atoms with van der Waals surface area (Å²) in [5, 5.41) is 17.0. The first-order valence-corrected chi connectivity index (χ1v) is 6.65. The van der Waals surface area contributed by atoms with Crippen LogP contribution in [0.1, 0.15) is 19.8 Å². The fourth-order valence-corrected chi connectivity index (χ4v) is 2.47. The van der Waals surface area contributed by atoms with Crippen LogP contribution in [0.15, 0.2) is 0 Å². The molecule has 0 aliphatic carbocycles. The Hall–Kier alpha value is -0.910. The van der Waals surface area contributed by atoms with Crippen LogP contribution in [0.4, 0.5) is 0 Å². The van der Waals surface area contributed by atoms with Crippen molar-refractivity contribution in [3.8, 4) is 0 Å². The lowest BCUT2D eigenvalue weighted by Crippen LogP contribution is -2.45. The van der Waals surface area contributed by atoms with E-state index in [9.17, 15) is 19.0 Å².